The van der Waals surface area contributed by atoms with Gasteiger partial charge in [-0.3, -0.25) is 4.79 Å². The van der Waals surface area contributed by atoms with Gasteiger partial charge in [-0.1, -0.05) is 0 Å². The zero-order valence-electron chi connectivity index (χ0n) is 9.78. The summed E-state index contributed by atoms with van der Waals surface area (Å²) in [6, 6.07) is -0.318. The smallest absolute Gasteiger partial charge is 0.222 e. The van der Waals surface area contributed by atoms with Crippen LogP contribution in [0.15, 0.2) is 0 Å². The number of rotatable bonds is 6. The molecule has 0 spiro atoms. The first kappa shape index (κ1) is 13.4. The number of ether oxygens (including phenoxy) is 2. The van der Waals surface area contributed by atoms with Crippen LogP contribution >= 0.6 is 0 Å². The summed E-state index contributed by atoms with van der Waals surface area (Å²) < 4.78 is 10.3. The molecule has 1 amide bonds. The maximum Gasteiger partial charge on any atom is 0.222 e. The lowest BCUT2D eigenvalue weighted by Crippen LogP contribution is -2.42. The Morgan fingerprint density at radius 3 is 3.00 bits per heavy atom. The minimum absolute atomic E-state index is 0.0376. The molecule has 5 nitrogen and oxygen atoms in total. The molecule has 1 aliphatic heterocycles. The van der Waals surface area contributed by atoms with Crippen molar-refractivity contribution in [1.29, 1.82) is 0 Å². The van der Waals surface area contributed by atoms with E-state index >= 15 is 0 Å². The predicted molar refractivity (Wildman–Crippen MR) is 59.1 cm³/mol. The van der Waals surface area contributed by atoms with E-state index in [0.29, 0.717) is 13.0 Å². The van der Waals surface area contributed by atoms with Gasteiger partial charge in [-0.15, -0.1) is 0 Å². The first-order valence-electron chi connectivity index (χ1n) is 5.77. The van der Waals surface area contributed by atoms with Gasteiger partial charge in [-0.25, -0.2) is 0 Å². The van der Waals surface area contributed by atoms with Crippen molar-refractivity contribution >= 4 is 5.91 Å². The lowest BCUT2D eigenvalue weighted by atomic mass is 10.1. The first-order valence-corrected chi connectivity index (χ1v) is 5.77. The van der Waals surface area contributed by atoms with Crippen LogP contribution in [-0.4, -0.2) is 50.1 Å². The maximum atomic E-state index is 11.6. The van der Waals surface area contributed by atoms with Crippen LogP contribution in [0, 0.1) is 0 Å². The summed E-state index contributed by atoms with van der Waals surface area (Å²) in [6.45, 7) is 0.971. The van der Waals surface area contributed by atoms with Gasteiger partial charge >= 0.3 is 0 Å². The van der Waals surface area contributed by atoms with Crippen molar-refractivity contribution < 1.29 is 19.4 Å². The zero-order chi connectivity index (χ0) is 11.8. The van der Waals surface area contributed by atoms with Crippen LogP contribution in [0.2, 0.25) is 0 Å². The highest BCUT2D eigenvalue weighted by Crippen LogP contribution is 2.15. The second kappa shape index (κ2) is 7.60. The predicted octanol–water partition coefficient (Wildman–Crippen LogP) is 0.0691. The van der Waals surface area contributed by atoms with E-state index in [1.165, 1.54) is 0 Å². The number of methoxy groups -OCH3 is 1. The van der Waals surface area contributed by atoms with Crippen LogP contribution in [0.1, 0.15) is 25.7 Å². The van der Waals surface area contributed by atoms with Crippen molar-refractivity contribution in [3.05, 3.63) is 0 Å². The zero-order valence-corrected chi connectivity index (χ0v) is 9.78. The molecule has 1 rings (SSSR count). The second-order valence-electron chi connectivity index (χ2n) is 4.10. The van der Waals surface area contributed by atoms with Gasteiger partial charge in [0, 0.05) is 13.7 Å². The fraction of sp³-hybridized carbons (Fsp3) is 0.909. The number of aliphatic hydroxyl groups excluding tert-OH is 1. The topological polar surface area (TPSA) is 67.8 Å². The molecule has 1 saturated heterocycles. The lowest BCUT2D eigenvalue weighted by molar-refractivity contribution is -0.126. The standard InChI is InChI=1S/C11H21NO4/c1-15-8-9(7-13)12-11(14)6-10-4-2-3-5-16-10/h9-10,13H,2-8H2,1H3,(H,12,14). The molecule has 1 fully saturated rings. The molecule has 0 radical (unpaired) electrons. The van der Waals surface area contributed by atoms with Crippen LogP contribution in [0.5, 0.6) is 0 Å². The summed E-state index contributed by atoms with van der Waals surface area (Å²) in [5.74, 6) is -0.0806. The number of hydrogen-bond donors (Lipinski definition) is 2. The van der Waals surface area contributed by atoms with Gasteiger partial charge in [0.2, 0.25) is 5.91 Å². The average molecular weight is 231 g/mol. The molecule has 5 heteroatoms. The van der Waals surface area contributed by atoms with E-state index in [9.17, 15) is 4.79 Å². The molecule has 0 aromatic rings. The van der Waals surface area contributed by atoms with Crippen molar-refractivity contribution in [3.8, 4) is 0 Å². The fourth-order valence-electron chi connectivity index (χ4n) is 1.80. The summed E-state index contributed by atoms with van der Waals surface area (Å²) in [4.78, 5) is 11.6. The fourth-order valence-corrected chi connectivity index (χ4v) is 1.80. The van der Waals surface area contributed by atoms with Crippen molar-refractivity contribution in [2.45, 2.75) is 37.8 Å². The number of hydrogen-bond acceptors (Lipinski definition) is 4. The number of carbonyl (C=O) groups excluding carboxylic acids is 1. The molecule has 94 valence electrons. The molecule has 0 aromatic heterocycles. The molecule has 1 heterocycles. The van der Waals surface area contributed by atoms with Crippen LogP contribution < -0.4 is 5.32 Å². The van der Waals surface area contributed by atoms with E-state index in [4.69, 9.17) is 14.6 Å². The molecule has 2 unspecified atom stereocenters. The number of aliphatic hydroxyl groups is 1. The maximum absolute atomic E-state index is 11.6. The Kier molecular flexibility index (Phi) is 6.37. The minimum atomic E-state index is -0.318. The third kappa shape index (κ3) is 4.92. The Labute approximate surface area is 96.1 Å². The third-order valence-corrected chi connectivity index (χ3v) is 2.64. The molecule has 16 heavy (non-hydrogen) atoms. The molecule has 0 aromatic carbocycles. The lowest BCUT2D eigenvalue weighted by Gasteiger charge is -2.23. The normalized spacial score (nSPS) is 22.8. The summed E-state index contributed by atoms with van der Waals surface area (Å²) >= 11 is 0. The largest absolute Gasteiger partial charge is 0.394 e. The minimum Gasteiger partial charge on any atom is -0.394 e. The summed E-state index contributed by atoms with van der Waals surface area (Å²) in [6.07, 6.45) is 3.57. The van der Waals surface area contributed by atoms with Gasteiger partial charge in [0.15, 0.2) is 0 Å². The number of carbonyl (C=O) groups is 1. The molecular weight excluding hydrogens is 210 g/mol. The highest BCUT2D eigenvalue weighted by molar-refractivity contribution is 5.76. The molecule has 1 aliphatic rings. The Bertz CT molecular complexity index is 195. The van der Waals surface area contributed by atoms with Gasteiger partial charge in [0.05, 0.1) is 31.8 Å². The van der Waals surface area contributed by atoms with E-state index < -0.39 is 0 Å². The highest BCUT2D eigenvalue weighted by Gasteiger charge is 2.19. The van der Waals surface area contributed by atoms with Crippen molar-refractivity contribution in [2.24, 2.45) is 0 Å². The van der Waals surface area contributed by atoms with E-state index in [2.05, 4.69) is 5.32 Å². The third-order valence-electron chi connectivity index (χ3n) is 2.64. The molecule has 2 atom stereocenters. The van der Waals surface area contributed by atoms with Crippen molar-refractivity contribution in [2.75, 3.05) is 26.9 Å². The van der Waals surface area contributed by atoms with E-state index in [-0.39, 0.29) is 24.7 Å². The van der Waals surface area contributed by atoms with Crippen molar-refractivity contribution in [1.82, 2.24) is 5.32 Å². The Morgan fingerprint density at radius 1 is 1.62 bits per heavy atom. The number of nitrogens with one attached hydrogen (secondary N) is 1. The average Bonchev–Trinajstić information content (AvgIpc) is 2.29. The first-order chi connectivity index (χ1) is 7.76. The second-order valence-corrected chi connectivity index (χ2v) is 4.10. The van der Waals surface area contributed by atoms with E-state index in [1.54, 1.807) is 7.11 Å². The molecule has 2 N–H and O–H groups in total. The van der Waals surface area contributed by atoms with Crippen LogP contribution in [0.25, 0.3) is 0 Å². The van der Waals surface area contributed by atoms with Crippen LogP contribution in [0.4, 0.5) is 0 Å². The van der Waals surface area contributed by atoms with Gasteiger partial charge in [-0.05, 0) is 19.3 Å². The van der Waals surface area contributed by atoms with E-state index in [1.807, 2.05) is 0 Å². The van der Waals surface area contributed by atoms with Crippen LogP contribution in [-0.2, 0) is 14.3 Å². The SMILES string of the molecule is COCC(CO)NC(=O)CC1CCCCO1. The summed E-state index contributed by atoms with van der Waals surface area (Å²) in [5, 5.41) is 11.7. The Balaban J connectivity index is 2.22. The molecule has 0 bridgehead atoms. The van der Waals surface area contributed by atoms with Gasteiger partial charge in [0.1, 0.15) is 0 Å². The summed E-state index contributed by atoms with van der Waals surface area (Å²) in [7, 11) is 1.54. The van der Waals surface area contributed by atoms with E-state index in [0.717, 1.165) is 25.9 Å². The Hall–Kier alpha value is -0.650. The number of amides is 1. The van der Waals surface area contributed by atoms with Crippen molar-refractivity contribution in [3.63, 3.8) is 0 Å². The Morgan fingerprint density at radius 2 is 2.44 bits per heavy atom. The quantitative estimate of drug-likeness (QED) is 0.679. The molecular formula is C11H21NO4. The monoisotopic (exact) mass is 231 g/mol. The molecule has 0 saturated carbocycles. The summed E-state index contributed by atoms with van der Waals surface area (Å²) in [5.41, 5.74) is 0. The molecule has 0 aliphatic carbocycles. The van der Waals surface area contributed by atoms with Gasteiger partial charge < -0.3 is 19.9 Å². The van der Waals surface area contributed by atoms with Gasteiger partial charge in [0.25, 0.3) is 0 Å². The van der Waals surface area contributed by atoms with Crippen LogP contribution in [0.3, 0.4) is 0 Å². The van der Waals surface area contributed by atoms with Gasteiger partial charge in [-0.2, -0.15) is 0 Å². The highest BCUT2D eigenvalue weighted by atomic mass is 16.5.